The van der Waals surface area contributed by atoms with Gasteiger partial charge >= 0.3 is 0 Å². The van der Waals surface area contributed by atoms with Gasteiger partial charge in [0.1, 0.15) is 0 Å². The van der Waals surface area contributed by atoms with Gasteiger partial charge in [-0.15, -0.1) is 0 Å². The van der Waals surface area contributed by atoms with Gasteiger partial charge in [0.25, 0.3) is 0 Å². The number of carbonyl (C=O) groups is 1. The van der Waals surface area contributed by atoms with Crippen molar-refractivity contribution in [2.24, 2.45) is 17.8 Å². The maximum atomic E-state index is 12.9. The van der Waals surface area contributed by atoms with E-state index in [9.17, 15) is 4.79 Å². The van der Waals surface area contributed by atoms with Gasteiger partial charge in [-0.1, -0.05) is 25.5 Å². The van der Waals surface area contributed by atoms with Crippen LogP contribution in [-0.2, 0) is 4.79 Å². The Bertz CT molecular complexity index is 500. The number of carbonyl (C=O) groups excluding carboxylic acids is 1. The van der Waals surface area contributed by atoms with Crippen LogP contribution in [-0.4, -0.2) is 12.5 Å². The van der Waals surface area contributed by atoms with E-state index in [-0.39, 0.29) is 5.92 Å². The lowest BCUT2D eigenvalue weighted by atomic mass is 9.87. The van der Waals surface area contributed by atoms with E-state index in [1.807, 2.05) is 29.2 Å². The highest BCUT2D eigenvalue weighted by molar-refractivity contribution is 5.98. The van der Waals surface area contributed by atoms with Crippen molar-refractivity contribution in [1.29, 1.82) is 0 Å². The lowest BCUT2D eigenvalue weighted by molar-refractivity contribution is -0.123. The van der Waals surface area contributed by atoms with Gasteiger partial charge in [-0.2, -0.15) is 0 Å². The van der Waals surface area contributed by atoms with Crippen molar-refractivity contribution in [3.63, 3.8) is 0 Å². The van der Waals surface area contributed by atoms with E-state index in [1.165, 1.54) is 19.3 Å². The number of benzene rings is 1. The summed E-state index contributed by atoms with van der Waals surface area (Å²) >= 11 is 0. The molecule has 3 rings (SSSR count). The number of fused-ring (bicyclic) bond motifs is 2. The van der Waals surface area contributed by atoms with Gasteiger partial charge < -0.3 is 10.6 Å². The second-order valence-corrected chi connectivity index (χ2v) is 6.33. The number of amides is 1. The molecule has 3 atom stereocenters. The Morgan fingerprint density at radius 1 is 1.30 bits per heavy atom. The molecule has 3 unspecified atom stereocenters. The molecule has 3 nitrogen and oxygen atoms in total. The van der Waals surface area contributed by atoms with Crippen LogP contribution in [0, 0.1) is 17.8 Å². The van der Waals surface area contributed by atoms with Crippen molar-refractivity contribution in [2.45, 2.75) is 39.0 Å². The van der Waals surface area contributed by atoms with E-state index in [2.05, 4.69) is 6.92 Å². The molecule has 0 saturated heterocycles. The maximum absolute atomic E-state index is 12.9. The Morgan fingerprint density at radius 3 is 2.70 bits per heavy atom. The lowest BCUT2D eigenvalue weighted by Gasteiger charge is -2.30. The summed E-state index contributed by atoms with van der Waals surface area (Å²) < 4.78 is 0. The normalized spacial score (nSPS) is 27.8. The molecule has 2 saturated carbocycles. The molecule has 0 radical (unpaired) electrons. The fourth-order valence-electron chi connectivity index (χ4n) is 4.05. The van der Waals surface area contributed by atoms with Gasteiger partial charge in [0.2, 0.25) is 5.91 Å². The third kappa shape index (κ3) is 2.30. The van der Waals surface area contributed by atoms with Crippen LogP contribution in [0.4, 0.5) is 11.4 Å². The van der Waals surface area contributed by atoms with Gasteiger partial charge in [0.05, 0.1) is 11.4 Å². The maximum Gasteiger partial charge on any atom is 0.230 e. The first kappa shape index (κ1) is 13.5. The highest BCUT2D eigenvalue weighted by Gasteiger charge is 2.44. The average Bonchev–Trinajstić information content (AvgIpc) is 3.08. The number of nitrogens with zero attached hydrogens (tertiary/aromatic N) is 1. The van der Waals surface area contributed by atoms with E-state index < -0.39 is 0 Å². The quantitative estimate of drug-likeness (QED) is 0.853. The Hall–Kier alpha value is -1.51. The van der Waals surface area contributed by atoms with Crippen LogP contribution in [0.5, 0.6) is 0 Å². The molecule has 1 aromatic carbocycles. The minimum Gasteiger partial charge on any atom is -0.397 e. The molecule has 1 amide bonds. The number of hydrogen-bond donors (Lipinski definition) is 1. The zero-order valence-electron chi connectivity index (χ0n) is 12.2. The Labute approximate surface area is 121 Å². The zero-order valence-corrected chi connectivity index (χ0v) is 12.2. The highest BCUT2D eigenvalue weighted by Crippen LogP contribution is 2.49. The molecule has 108 valence electrons. The van der Waals surface area contributed by atoms with Crippen LogP contribution in [0.25, 0.3) is 0 Å². The number of rotatable bonds is 4. The van der Waals surface area contributed by atoms with Crippen LogP contribution in [0.3, 0.4) is 0 Å². The van der Waals surface area contributed by atoms with Crippen LogP contribution < -0.4 is 10.6 Å². The number of hydrogen-bond acceptors (Lipinski definition) is 2. The largest absolute Gasteiger partial charge is 0.397 e. The highest BCUT2D eigenvalue weighted by atomic mass is 16.2. The summed E-state index contributed by atoms with van der Waals surface area (Å²) in [5, 5.41) is 0. The van der Waals surface area contributed by atoms with Crippen molar-refractivity contribution in [3.8, 4) is 0 Å². The first-order valence-corrected chi connectivity index (χ1v) is 7.86. The molecule has 2 aliphatic rings. The molecule has 3 heteroatoms. The average molecular weight is 272 g/mol. The lowest BCUT2D eigenvalue weighted by Crippen LogP contribution is -2.39. The molecular weight excluding hydrogens is 248 g/mol. The fraction of sp³-hybridized carbons (Fsp3) is 0.588. The second kappa shape index (κ2) is 5.47. The molecule has 0 spiro atoms. The van der Waals surface area contributed by atoms with Crippen molar-refractivity contribution in [2.75, 3.05) is 17.2 Å². The Balaban J connectivity index is 1.83. The van der Waals surface area contributed by atoms with Crippen LogP contribution in [0.1, 0.15) is 39.0 Å². The van der Waals surface area contributed by atoms with Crippen molar-refractivity contribution < 1.29 is 4.79 Å². The van der Waals surface area contributed by atoms with Crippen LogP contribution >= 0.6 is 0 Å². The molecule has 0 aliphatic heterocycles. The van der Waals surface area contributed by atoms with Gasteiger partial charge in [0, 0.05) is 12.5 Å². The third-order valence-electron chi connectivity index (χ3n) is 5.00. The summed E-state index contributed by atoms with van der Waals surface area (Å²) in [5.41, 5.74) is 7.67. The summed E-state index contributed by atoms with van der Waals surface area (Å²) in [7, 11) is 0. The van der Waals surface area contributed by atoms with Crippen molar-refractivity contribution in [1.82, 2.24) is 0 Å². The number of nitrogens with two attached hydrogens (primary N) is 1. The van der Waals surface area contributed by atoms with Gasteiger partial charge in [-0.25, -0.2) is 0 Å². The minimum absolute atomic E-state index is 0.236. The molecule has 2 fully saturated rings. The van der Waals surface area contributed by atoms with E-state index in [1.54, 1.807) is 0 Å². The van der Waals surface area contributed by atoms with Gasteiger partial charge in [0.15, 0.2) is 0 Å². The molecule has 2 aliphatic carbocycles. The zero-order chi connectivity index (χ0) is 14.1. The summed E-state index contributed by atoms with van der Waals surface area (Å²) in [6.07, 6.45) is 5.89. The second-order valence-electron chi connectivity index (χ2n) is 6.33. The van der Waals surface area contributed by atoms with E-state index in [0.717, 1.165) is 31.0 Å². The molecule has 20 heavy (non-hydrogen) atoms. The molecule has 2 N–H and O–H groups in total. The van der Waals surface area contributed by atoms with Crippen LogP contribution in [0.15, 0.2) is 24.3 Å². The summed E-state index contributed by atoms with van der Waals surface area (Å²) in [4.78, 5) is 14.9. The summed E-state index contributed by atoms with van der Waals surface area (Å²) in [6.45, 7) is 2.88. The smallest absolute Gasteiger partial charge is 0.230 e. The minimum atomic E-state index is 0.236. The van der Waals surface area contributed by atoms with E-state index in [0.29, 0.717) is 17.5 Å². The fourth-order valence-corrected chi connectivity index (χ4v) is 4.05. The SMILES string of the molecule is CCCN(C(=O)C1CC2CCC1C2)c1ccccc1N. The summed E-state index contributed by atoms with van der Waals surface area (Å²) in [5.74, 6) is 1.96. The van der Waals surface area contributed by atoms with Crippen LogP contribution in [0.2, 0.25) is 0 Å². The monoisotopic (exact) mass is 272 g/mol. The first-order valence-electron chi connectivity index (χ1n) is 7.86. The third-order valence-corrected chi connectivity index (χ3v) is 5.00. The number of para-hydroxylation sites is 2. The predicted octanol–water partition coefficient (Wildman–Crippen LogP) is 3.45. The Kier molecular flexibility index (Phi) is 3.68. The molecule has 2 bridgehead atoms. The first-order chi connectivity index (χ1) is 9.70. The molecule has 1 aromatic rings. The van der Waals surface area contributed by atoms with Gasteiger partial charge in [-0.3, -0.25) is 4.79 Å². The summed E-state index contributed by atoms with van der Waals surface area (Å²) in [6, 6.07) is 7.73. The number of nitrogen functional groups attached to an aromatic ring is 1. The predicted molar refractivity (Wildman–Crippen MR) is 82.4 cm³/mol. The molecule has 0 aromatic heterocycles. The number of anilines is 2. The topological polar surface area (TPSA) is 46.3 Å². The Morgan fingerprint density at radius 2 is 2.10 bits per heavy atom. The van der Waals surface area contributed by atoms with Gasteiger partial charge in [-0.05, 0) is 49.7 Å². The van der Waals surface area contributed by atoms with E-state index >= 15 is 0 Å². The van der Waals surface area contributed by atoms with Crippen molar-refractivity contribution >= 4 is 17.3 Å². The van der Waals surface area contributed by atoms with E-state index in [4.69, 9.17) is 5.73 Å². The molecule has 0 heterocycles. The standard InChI is InChI=1S/C17H24N2O/c1-2-9-19(16-6-4-3-5-15(16)18)17(20)14-11-12-7-8-13(14)10-12/h3-6,12-14H,2,7-11,18H2,1H3. The molecular formula is C17H24N2O. The van der Waals surface area contributed by atoms with Crippen molar-refractivity contribution in [3.05, 3.63) is 24.3 Å².